The Hall–Kier alpha value is -3.97. The first-order valence-electron chi connectivity index (χ1n) is 11.5. The Morgan fingerprint density at radius 1 is 0.921 bits per heavy atom. The predicted molar refractivity (Wildman–Crippen MR) is 143 cm³/mol. The van der Waals surface area contributed by atoms with Gasteiger partial charge in [0.15, 0.2) is 11.5 Å². The lowest BCUT2D eigenvalue weighted by Gasteiger charge is -2.22. The highest BCUT2D eigenvalue weighted by atomic mass is 32.2. The number of carbonyl (C=O) groups excluding carboxylic acids is 1. The number of sulfonamides is 2. The predicted octanol–water partition coefficient (Wildman–Crippen LogP) is 3.41. The number of hydrogen-bond acceptors (Lipinski definition) is 8. The summed E-state index contributed by atoms with van der Waals surface area (Å²) < 4.78 is 69.4. The fourth-order valence-electron chi connectivity index (χ4n) is 3.72. The third kappa shape index (κ3) is 6.66. The molecule has 0 spiro atoms. The highest BCUT2D eigenvalue weighted by Crippen LogP contribution is 2.36. The number of nitrogens with zero attached hydrogens (tertiary/aromatic N) is 1. The number of anilines is 3. The van der Waals surface area contributed by atoms with Crippen LogP contribution in [0.3, 0.4) is 0 Å². The first-order valence-corrected chi connectivity index (χ1v) is 14.8. The lowest BCUT2D eigenvalue weighted by molar-refractivity contribution is -0.116. The third-order valence-electron chi connectivity index (χ3n) is 5.60. The second-order valence-corrected chi connectivity index (χ2v) is 12.0. The van der Waals surface area contributed by atoms with Crippen LogP contribution in [0.25, 0.3) is 0 Å². The zero-order valence-electron chi connectivity index (χ0n) is 20.7. The number of methoxy groups -OCH3 is 1. The fourth-order valence-corrected chi connectivity index (χ4v) is 5.74. The molecule has 1 heterocycles. The van der Waals surface area contributed by atoms with Crippen LogP contribution in [-0.4, -0.2) is 49.4 Å². The van der Waals surface area contributed by atoms with Gasteiger partial charge in [0.2, 0.25) is 22.7 Å². The standard InChI is InChI=1S/C25H27N3O8S2/c1-34-21-10-5-19(6-11-21)27-38(32,33)22-12-7-18(8-13-22)26-25(29)4-3-15-28(37(2,30)31)20-9-14-23-24(16-20)36-17-35-23/h5-14,16,27H,3-4,15,17H2,1-2H3,(H,26,29). The Labute approximate surface area is 221 Å². The molecule has 0 saturated heterocycles. The molecule has 2 N–H and O–H groups in total. The van der Waals surface area contributed by atoms with Gasteiger partial charge in [0.05, 0.1) is 23.9 Å². The van der Waals surface area contributed by atoms with E-state index >= 15 is 0 Å². The molecule has 3 aromatic carbocycles. The van der Waals surface area contributed by atoms with Crippen LogP contribution in [0.4, 0.5) is 17.1 Å². The van der Waals surface area contributed by atoms with Crippen LogP contribution in [0.2, 0.25) is 0 Å². The molecule has 11 nitrogen and oxygen atoms in total. The van der Waals surface area contributed by atoms with Crippen LogP contribution in [-0.2, 0) is 24.8 Å². The summed E-state index contributed by atoms with van der Waals surface area (Å²) in [6.45, 7) is 0.157. The van der Waals surface area contributed by atoms with Gasteiger partial charge in [-0.15, -0.1) is 0 Å². The third-order valence-corrected chi connectivity index (χ3v) is 8.19. The number of fused-ring (bicyclic) bond motifs is 1. The van der Waals surface area contributed by atoms with Gasteiger partial charge < -0.3 is 19.5 Å². The summed E-state index contributed by atoms with van der Waals surface area (Å²) in [5.74, 6) is 1.26. The number of benzene rings is 3. The van der Waals surface area contributed by atoms with E-state index < -0.39 is 20.0 Å². The van der Waals surface area contributed by atoms with Crippen molar-refractivity contribution in [3.8, 4) is 17.2 Å². The van der Waals surface area contributed by atoms with E-state index in [1.54, 1.807) is 42.5 Å². The van der Waals surface area contributed by atoms with E-state index in [4.69, 9.17) is 14.2 Å². The van der Waals surface area contributed by atoms with Gasteiger partial charge in [-0.05, 0) is 67.1 Å². The molecule has 0 fully saturated rings. The summed E-state index contributed by atoms with van der Waals surface area (Å²) in [5.41, 5.74) is 1.21. The van der Waals surface area contributed by atoms with Crippen molar-refractivity contribution >= 4 is 43.0 Å². The molecule has 0 aromatic heterocycles. The summed E-state index contributed by atoms with van der Waals surface area (Å²) in [6.07, 6.45) is 1.40. The maximum absolute atomic E-state index is 12.7. The molecule has 0 bridgehead atoms. The van der Waals surface area contributed by atoms with Gasteiger partial charge in [0, 0.05) is 30.4 Å². The minimum atomic E-state index is -3.83. The summed E-state index contributed by atoms with van der Waals surface area (Å²) in [4.78, 5) is 12.5. The second-order valence-electron chi connectivity index (χ2n) is 8.38. The molecular formula is C25H27N3O8S2. The van der Waals surface area contributed by atoms with Crippen LogP contribution in [0, 0.1) is 0 Å². The van der Waals surface area contributed by atoms with Crippen molar-refractivity contribution in [1.82, 2.24) is 0 Å². The molecule has 38 heavy (non-hydrogen) atoms. The van der Waals surface area contributed by atoms with Crippen molar-refractivity contribution in [3.63, 3.8) is 0 Å². The van der Waals surface area contributed by atoms with Crippen LogP contribution < -0.4 is 28.6 Å². The summed E-state index contributed by atoms with van der Waals surface area (Å²) in [7, 11) is -5.91. The summed E-state index contributed by atoms with van der Waals surface area (Å²) in [5, 5.41) is 2.70. The highest BCUT2D eigenvalue weighted by molar-refractivity contribution is 7.92. The molecule has 0 aliphatic carbocycles. The maximum atomic E-state index is 12.7. The van der Waals surface area contributed by atoms with E-state index in [1.807, 2.05) is 0 Å². The molecule has 0 atom stereocenters. The normalized spacial score (nSPS) is 12.6. The Balaban J connectivity index is 1.32. The van der Waals surface area contributed by atoms with Gasteiger partial charge in [0.25, 0.3) is 10.0 Å². The molecule has 0 radical (unpaired) electrons. The smallest absolute Gasteiger partial charge is 0.261 e. The van der Waals surface area contributed by atoms with Gasteiger partial charge >= 0.3 is 0 Å². The van der Waals surface area contributed by atoms with E-state index in [-0.39, 0.29) is 37.0 Å². The Morgan fingerprint density at radius 2 is 1.58 bits per heavy atom. The van der Waals surface area contributed by atoms with E-state index in [1.165, 1.54) is 35.7 Å². The minimum Gasteiger partial charge on any atom is -0.497 e. The first kappa shape index (κ1) is 27.1. The number of hydrogen-bond donors (Lipinski definition) is 2. The first-order chi connectivity index (χ1) is 18.0. The number of carbonyl (C=O) groups is 1. The van der Waals surface area contributed by atoms with Gasteiger partial charge in [-0.25, -0.2) is 16.8 Å². The van der Waals surface area contributed by atoms with E-state index in [0.717, 1.165) is 6.26 Å². The molecule has 1 aliphatic rings. The van der Waals surface area contributed by atoms with Gasteiger partial charge in [-0.2, -0.15) is 0 Å². The van der Waals surface area contributed by atoms with Crippen molar-refractivity contribution in [2.45, 2.75) is 17.7 Å². The van der Waals surface area contributed by atoms with Crippen LogP contribution in [0.5, 0.6) is 17.2 Å². The monoisotopic (exact) mass is 561 g/mol. The van der Waals surface area contributed by atoms with Crippen molar-refractivity contribution in [2.24, 2.45) is 0 Å². The largest absolute Gasteiger partial charge is 0.497 e. The van der Waals surface area contributed by atoms with Crippen molar-refractivity contribution in [1.29, 1.82) is 0 Å². The molecule has 0 unspecified atom stereocenters. The zero-order valence-corrected chi connectivity index (χ0v) is 22.3. The molecule has 3 aromatic rings. The average Bonchev–Trinajstić information content (AvgIpc) is 3.34. The average molecular weight is 562 g/mol. The van der Waals surface area contributed by atoms with Gasteiger partial charge in [-0.1, -0.05) is 0 Å². The minimum absolute atomic E-state index is 0.0267. The van der Waals surface area contributed by atoms with E-state index in [2.05, 4.69) is 10.0 Å². The van der Waals surface area contributed by atoms with E-state index in [0.29, 0.717) is 34.3 Å². The summed E-state index contributed by atoms with van der Waals surface area (Å²) in [6, 6.07) is 17.0. The zero-order chi connectivity index (χ0) is 27.3. The maximum Gasteiger partial charge on any atom is 0.261 e. The number of ether oxygens (including phenoxy) is 3. The Morgan fingerprint density at radius 3 is 2.24 bits per heavy atom. The van der Waals surface area contributed by atoms with Crippen LogP contribution in [0.1, 0.15) is 12.8 Å². The second kappa shape index (κ2) is 11.2. The quantitative estimate of drug-likeness (QED) is 0.363. The Bertz CT molecular complexity index is 1510. The topological polar surface area (TPSA) is 140 Å². The number of amides is 1. The molecule has 0 saturated carbocycles. The molecule has 13 heteroatoms. The molecule has 202 valence electrons. The van der Waals surface area contributed by atoms with Crippen molar-refractivity contribution < 1.29 is 35.8 Å². The molecular weight excluding hydrogens is 534 g/mol. The fraction of sp³-hybridized carbons (Fsp3) is 0.240. The van der Waals surface area contributed by atoms with Crippen LogP contribution >= 0.6 is 0 Å². The van der Waals surface area contributed by atoms with Crippen molar-refractivity contribution in [2.75, 3.05) is 41.0 Å². The molecule has 4 rings (SSSR count). The van der Waals surface area contributed by atoms with Gasteiger partial charge in [0.1, 0.15) is 5.75 Å². The molecule has 1 aliphatic heterocycles. The SMILES string of the molecule is COc1ccc(NS(=O)(=O)c2ccc(NC(=O)CCCN(c3ccc4c(c3)OCO4)S(C)(=O)=O)cc2)cc1. The van der Waals surface area contributed by atoms with Crippen molar-refractivity contribution in [3.05, 3.63) is 66.7 Å². The lowest BCUT2D eigenvalue weighted by atomic mass is 10.2. The van der Waals surface area contributed by atoms with Crippen LogP contribution in [0.15, 0.2) is 71.6 Å². The Kier molecular flexibility index (Phi) is 7.97. The number of nitrogens with one attached hydrogen (secondary N) is 2. The highest BCUT2D eigenvalue weighted by Gasteiger charge is 2.22. The lowest BCUT2D eigenvalue weighted by Crippen LogP contribution is -2.31. The number of rotatable bonds is 11. The van der Waals surface area contributed by atoms with Gasteiger partial charge in [-0.3, -0.25) is 13.8 Å². The van der Waals surface area contributed by atoms with E-state index in [9.17, 15) is 21.6 Å². The summed E-state index contributed by atoms with van der Waals surface area (Å²) >= 11 is 0. The molecule has 1 amide bonds.